The fourth-order valence-electron chi connectivity index (χ4n) is 2.25. The second-order valence-electron chi connectivity index (χ2n) is 5.12. The number of hydrogen-bond acceptors (Lipinski definition) is 4. The summed E-state index contributed by atoms with van der Waals surface area (Å²) in [5, 5.41) is 0.669. The molecule has 0 aromatic heterocycles. The summed E-state index contributed by atoms with van der Waals surface area (Å²) in [7, 11) is 1.76. The Morgan fingerprint density at radius 2 is 2.14 bits per heavy atom. The van der Waals surface area contributed by atoms with Crippen molar-refractivity contribution in [2.24, 2.45) is 5.73 Å². The summed E-state index contributed by atoms with van der Waals surface area (Å²) in [4.78, 5) is 13.8. The highest BCUT2D eigenvalue weighted by Gasteiger charge is 2.31. The van der Waals surface area contributed by atoms with Crippen molar-refractivity contribution in [2.75, 3.05) is 26.7 Å². The van der Waals surface area contributed by atoms with Crippen LogP contribution < -0.4 is 10.5 Å². The Hall–Kier alpha value is -1.30. The average Bonchev–Trinajstić information content (AvgIpc) is 2.97. The lowest BCUT2D eigenvalue weighted by molar-refractivity contribution is -0.141. The molecule has 1 heterocycles. The first-order valence-electron chi connectivity index (χ1n) is 7.09. The average molecular weight is 313 g/mol. The summed E-state index contributed by atoms with van der Waals surface area (Å²) in [6, 6.07) is 7.14. The van der Waals surface area contributed by atoms with Gasteiger partial charge in [0.1, 0.15) is 18.5 Å². The van der Waals surface area contributed by atoms with Crippen LogP contribution >= 0.6 is 11.6 Å². The van der Waals surface area contributed by atoms with Crippen molar-refractivity contribution >= 4 is 17.5 Å². The van der Waals surface area contributed by atoms with Crippen LogP contribution in [0.4, 0.5) is 0 Å². The van der Waals surface area contributed by atoms with Crippen LogP contribution in [0.15, 0.2) is 24.3 Å². The van der Waals surface area contributed by atoms with Gasteiger partial charge in [0.05, 0.1) is 12.6 Å². The summed E-state index contributed by atoms with van der Waals surface area (Å²) in [6.07, 6.45) is 1.24. The van der Waals surface area contributed by atoms with Crippen molar-refractivity contribution in [3.05, 3.63) is 29.3 Å². The molecule has 2 unspecified atom stereocenters. The van der Waals surface area contributed by atoms with Gasteiger partial charge in [0.15, 0.2) is 0 Å². The first kappa shape index (κ1) is 16.1. The van der Waals surface area contributed by atoms with E-state index in [1.807, 2.05) is 0 Å². The molecule has 0 radical (unpaired) electrons. The van der Waals surface area contributed by atoms with Crippen LogP contribution in [-0.4, -0.2) is 49.8 Å². The summed E-state index contributed by atoms with van der Waals surface area (Å²) in [5.74, 6) is 0.728. The lowest BCUT2D eigenvalue weighted by Gasteiger charge is -2.21. The van der Waals surface area contributed by atoms with E-state index in [0.29, 0.717) is 24.7 Å². The van der Waals surface area contributed by atoms with Gasteiger partial charge in [-0.2, -0.15) is 0 Å². The van der Waals surface area contributed by atoms with E-state index in [0.717, 1.165) is 18.6 Å². The molecular formula is C15H21ClN2O3. The van der Waals surface area contributed by atoms with Crippen LogP contribution in [0.25, 0.3) is 0 Å². The number of halogens is 1. The number of amides is 1. The van der Waals surface area contributed by atoms with Gasteiger partial charge in [-0.3, -0.25) is 4.79 Å². The third-order valence-corrected chi connectivity index (χ3v) is 3.78. The van der Waals surface area contributed by atoms with Crippen molar-refractivity contribution < 1.29 is 14.3 Å². The minimum absolute atomic E-state index is 0.00865. The van der Waals surface area contributed by atoms with Gasteiger partial charge in [0.2, 0.25) is 0 Å². The van der Waals surface area contributed by atoms with Gasteiger partial charge >= 0.3 is 0 Å². The molecule has 2 rings (SSSR count). The van der Waals surface area contributed by atoms with Gasteiger partial charge in [-0.25, -0.2) is 0 Å². The van der Waals surface area contributed by atoms with Crippen LogP contribution in [0.3, 0.4) is 0 Å². The number of nitrogens with zero attached hydrogens (tertiary/aromatic N) is 1. The zero-order valence-corrected chi connectivity index (χ0v) is 12.9. The maximum Gasteiger partial charge on any atom is 0.251 e. The number of ether oxygens (including phenoxy) is 2. The van der Waals surface area contributed by atoms with Crippen LogP contribution in [0.2, 0.25) is 5.02 Å². The van der Waals surface area contributed by atoms with Crippen molar-refractivity contribution in [3.63, 3.8) is 0 Å². The van der Waals surface area contributed by atoms with E-state index in [1.54, 1.807) is 36.2 Å². The van der Waals surface area contributed by atoms with Crippen LogP contribution in [-0.2, 0) is 9.53 Å². The summed E-state index contributed by atoms with van der Waals surface area (Å²) >= 11 is 5.80. The van der Waals surface area contributed by atoms with Crippen LogP contribution in [0.1, 0.15) is 12.8 Å². The predicted octanol–water partition coefficient (Wildman–Crippen LogP) is 1.68. The number of carbonyl (C=O) groups excluding carboxylic acids is 1. The van der Waals surface area contributed by atoms with Crippen molar-refractivity contribution in [3.8, 4) is 5.75 Å². The van der Waals surface area contributed by atoms with Crippen molar-refractivity contribution in [1.82, 2.24) is 4.90 Å². The normalized spacial score (nSPS) is 21.3. The molecule has 2 N–H and O–H groups in total. The quantitative estimate of drug-likeness (QED) is 0.868. The highest BCUT2D eigenvalue weighted by Crippen LogP contribution is 2.20. The number of carbonyl (C=O) groups is 1. The lowest BCUT2D eigenvalue weighted by atomic mass is 10.2. The van der Waals surface area contributed by atoms with E-state index < -0.39 is 0 Å². The third-order valence-electron chi connectivity index (χ3n) is 3.53. The second-order valence-corrected chi connectivity index (χ2v) is 5.56. The zero-order valence-electron chi connectivity index (χ0n) is 12.1. The van der Waals surface area contributed by atoms with E-state index in [1.165, 1.54) is 0 Å². The first-order valence-corrected chi connectivity index (χ1v) is 7.47. The molecular weight excluding hydrogens is 292 g/mol. The first-order chi connectivity index (χ1) is 10.1. The van der Waals surface area contributed by atoms with E-state index in [2.05, 4.69) is 0 Å². The Morgan fingerprint density at radius 1 is 1.43 bits per heavy atom. The molecule has 1 saturated heterocycles. The Kier molecular flexibility index (Phi) is 5.85. The van der Waals surface area contributed by atoms with Gasteiger partial charge in [-0.1, -0.05) is 11.6 Å². The molecule has 1 aromatic carbocycles. The Balaban J connectivity index is 1.72. The molecule has 21 heavy (non-hydrogen) atoms. The number of benzene rings is 1. The van der Waals surface area contributed by atoms with Crippen molar-refractivity contribution in [1.29, 1.82) is 0 Å². The van der Waals surface area contributed by atoms with Crippen LogP contribution in [0, 0.1) is 0 Å². The monoisotopic (exact) mass is 312 g/mol. The van der Waals surface area contributed by atoms with Gasteiger partial charge in [0.25, 0.3) is 5.91 Å². The molecule has 1 aromatic rings. The minimum atomic E-state index is -0.362. The number of rotatable bonds is 6. The molecule has 1 aliphatic heterocycles. The Bertz CT molecular complexity index is 466. The molecule has 1 amide bonds. The molecule has 0 aliphatic carbocycles. The van der Waals surface area contributed by atoms with Crippen LogP contribution in [0.5, 0.6) is 5.75 Å². The Labute approximate surface area is 130 Å². The highest BCUT2D eigenvalue weighted by atomic mass is 35.5. The largest absolute Gasteiger partial charge is 0.492 e. The molecule has 116 valence electrons. The number of hydrogen-bond donors (Lipinski definition) is 1. The molecule has 6 heteroatoms. The number of likely N-dealkylation sites (N-methyl/N-ethyl adjacent to an activating group) is 1. The van der Waals surface area contributed by atoms with E-state index in [9.17, 15) is 4.79 Å². The smallest absolute Gasteiger partial charge is 0.251 e. The van der Waals surface area contributed by atoms with E-state index >= 15 is 0 Å². The fourth-order valence-corrected chi connectivity index (χ4v) is 2.37. The molecule has 1 aliphatic rings. The molecule has 1 fully saturated rings. The van der Waals surface area contributed by atoms with Gasteiger partial charge in [-0.05, 0) is 37.1 Å². The molecule has 0 bridgehead atoms. The highest BCUT2D eigenvalue weighted by molar-refractivity contribution is 6.30. The van der Waals surface area contributed by atoms with Gasteiger partial charge < -0.3 is 20.1 Å². The summed E-state index contributed by atoms with van der Waals surface area (Å²) in [6.45, 7) is 1.40. The molecule has 0 saturated carbocycles. The fraction of sp³-hybridized carbons (Fsp3) is 0.533. The SMILES string of the molecule is CN(CCOc1ccc(Cl)cc1)C(=O)C1CCC(CN)O1. The molecule has 5 nitrogen and oxygen atoms in total. The van der Waals surface area contributed by atoms with Gasteiger partial charge in [-0.15, -0.1) is 0 Å². The zero-order chi connectivity index (χ0) is 15.2. The number of nitrogens with two attached hydrogens (primary N) is 1. The molecule has 0 spiro atoms. The third kappa shape index (κ3) is 4.59. The Morgan fingerprint density at radius 3 is 2.76 bits per heavy atom. The lowest BCUT2D eigenvalue weighted by Crippen LogP contribution is -2.39. The summed E-state index contributed by atoms with van der Waals surface area (Å²) in [5.41, 5.74) is 5.55. The standard InChI is InChI=1S/C15H21ClN2O3/c1-18(15(19)14-7-6-13(10-17)21-14)8-9-20-12-4-2-11(16)3-5-12/h2-5,13-14H,6-10,17H2,1H3. The van der Waals surface area contributed by atoms with E-state index in [4.69, 9.17) is 26.8 Å². The minimum Gasteiger partial charge on any atom is -0.492 e. The maximum absolute atomic E-state index is 12.2. The maximum atomic E-state index is 12.2. The topological polar surface area (TPSA) is 64.8 Å². The summed E-state index contributed by atoms with van der Waals surface area (Å²) < 4.78 is 11.2. The van der Waals surface area contributed by atoms with Crippen molar-refractivity contribution in [2.45, 2.75) is 25.0 Å². The molecule has 2 atom stereocenters. The van der Waals surface area contributed by atoms with Gasteiger partial charge in [0, 0.05) is 18.6 Å². The second kappa shape index (κ2) is 7.64. The predicted molar refractivity (Wildman–Crippen MR) is 81.5 cm³/mol. The van der Waals surface area contributed by atoms with E-state index in [-0.39, 0.29) is 18.1 Å².